The molecule has 0 aliphatic carbocycles. The number of aryl methyl sites for hydroxylation is 1. The van der Waals surface area contributed by atoms with E-state index < -0.39 is 0 Å². The van der Waals surface area contributed by atoms with E-state index in [0.29, 0.717) is 5.82 Å². The smallest absolute Gasteiger partial charge is 0.311 e. The minimum absolute atomic E-state index is 0.0257. The number of aromatic nitrogens is 1. The summed E-state index contributed by atoms with van der Waals surface area (Å²) in [5.74, 6) is 0.465. The summed E-state index contributed by atoms with van der Waals surface area (Å²) >= 11 is 0. The predicted octanol–water partition coefficient (Wildman–Crippen LogP) is 2.00. The Bertz CT molecular complexity index is 476. The molecule has 1 aromatic heterocycles. The molecule has 6 nitrogen and oxygen atoms in total. The van der Waals surface area contributed by atoms with Crippen LogP contribution in [0.4, 0.5) is 11.5 Å². The van der Waals surface area contributed by atoms with Crippen molar-refractivity contribution >= 4 is 11.5 Å². The van der Waals surface area contributed by atoms with E-state index in [-0.39, 0.29) is 22.7 Å². The molecular formula is C13H20N4O2. The molecule has 2 rings (SSSR count). The molecule has 2 unspecified atom stereocenters. The van der Waals surface area contributed by atoms with Crippen molar-refractivity contribution in [2.75, 3.05) is 11.4 Å². The predicted molar refractivity (Wildman–Crippen MR) is 74.3 cm³/mol. The van der Waals surface area contributed by atoms with Crippen LogP contribution in [0.1, 0.15) is 31.9 Å². The summed E-state index contributed by atoms with van der Waals surface area (Å²) < 4.78 is 0. The van der Waals surface area contributed by atoms with Crippen LogP contribution >= 0.6 is 0 Å². The van der Waals surface area contributed by atoms with E-state index >= 15 is 0 Å². The molecule has 1 aromatic rings. The number of hydrogen-bond acceptors (Lipinski definition) is 5. The Morgan fingerprint density at radius 3 is 2.89 bits per heavy atom. The standard InChI is InChI=1S/C13H20N4O2/c1-9-6-7-12(17(18)19)13(15-9)16-8-4-3-5-11(16)10(2)14/h6-7,10-11H,3-5,8,14H2,1-2H3. The summed E-state index contributed by atoms with van der Waals surface area (Å²) in [6, 6.07) is 3.31. The highest BCUT2D eigenvalue weighted by atomic mass is 16.6. The number of pyridine rings is 1. The van der Waals surface area contributed by atoms with Gasteiger partial charge in [0.25, 0.3) is 0 Å². The first-order valence-corrected chi connectivity index (χ1v) is 6.65. The Morgan fingerprint density at radius 2 is 2.26 bits per heavy atom. The fraction of sp³-hybridized carbons (Fsp3) is 0.615. The van der Waals surface area contributed by atoms with Gasteiger partial charge < -0.3 is 10.6 Å². The lowest BCUT2D eigenvalue weighted by Crippen LogP contribution is -2.49. The van der Waals surface area contributed by atoms with Gasteiger partial charge in [-0.25, -0.2) is 4.98 Å². The molecule has 0 radical (unpaired) electrons. The van der Waals surface area contributed by atoms with Crippen molar-refractivity contribution in [1.82, 2.24) is 4.98 Å². The first-order chi connectivity index (χ1) is 9.00. The van der Waals surface area contributed by atoms with Gasteiger partial charge in [-0.3, -0.25) is 10.1 Å². The average molecular weight is 264 g/mol. The molecular weight excluding hydrogens is 244 g/mol. The molecule has 6 heteroatoms. The Hall–Kier alpha value is -1.69. The first-order valence-electron chi connectivity index (χ1n) is 6.65. The van der Waals surface area contributed by atoms with Crippen molar-refractivity contribution in [3.8, 4) is 0 Å². The summed E-state index contributed by atoms with van der Waals surface area (Å²) in [5, 5.41) is 11.2. The number of anilines is 1. The third-order valence-electron chi connectivity index (χ3n) is 3.62. The number of nitro groups is 1. The van der Waals surface area contributed by atoms with Crippen LogP contribution in [-0.4, -0.2) is 28.5 Å². The molecule has 104 valence electrons. The lowest BCUT2D eigenvalue weighted by molar-refractivity contribution is -0.384. The van der Waals surface area contributed by atoms with Crippen LogP contribution in [0, 0.1) is 17.0 Å². The molecule has 1 saturated heterocycles. The third kappa shape index (κ3) is 2.84. The van der Waals surface area contributed by atoms with E-state index in [2.05, 4.69) is 4.98 Å². The van der Waals surface area contributed by atoms with Crippen LogP contribution in [0.15, 0.2) is 12.1 Å². The molecule has 2 N–H and O–H groups in total. The fourth-order valence-corrected chi connectivity index (χ4v) is 2.66. The number of nitrogens with two attached hydrogens (primary N) is 1. The maximum atomic E-state index is 11.2. The molecule has 0 amide bonds. The first kappa shape index (κ1) is 13.7. The van der Waals surface area contributed by atoms with Gasteiger partial charge in [-0.15, -0.1) is 0 Å². The van der Waals surface area contributed by atoms with Crippen LogP contribution in [0.3, 0.4) is 0 Å². The van der Waals surface area contributed by atoms with Crippen LogP contribution < -0.4 is 10.6 Å². The molecule has 19 heavy (non-hydrogen) atoms. The van der Waals surface area contributed by atoms with E-state index in [1.165, 1.54) is 6.07 Å². The lowest BCUT2D eigenvalue weighted by Gasteiger charge is -2.38. The highest BCUT2D eigenvalue weighted by Gasteiger charge is 2.31. The van der Waals surface area contributed by atoms with Crippen LogP contribution in [-0.2, 0) is 0 Å². The summed E-state index contributed by atoms with van der Waals surface area (Å²) in [6.45, 7) is 4.58. The average Bonchev–Trinajstić information content (AvgIpc) is 2.38. The second kappa shape index (κ2) is 5.52. The van der Waals surface area contributed by atoms with E-state index in [1.807, 2.05) is 18.7 Å². The van der Waals surface area contributed by atoms with Crippen LogP contribution in [0.2, 0.25) is 0 Å². The zero-order chi connectivity index (χ0) is 14.0. The van der Waals surface area contributed by atoms with Crippen molar-refractivity contribution in [3.05, 3.63) is 27.9 Å². The summed E-state index contributed by atoms with van der Waals surface area (Å²) in [7, 11) is 0. The maximum Gasteiger partial charge on any atom is 0.311 e. The molecule has 0 spiro atoms. The van der Waals surface area contributed by atoms with E-state index in [0.717, 1.165) is 31.5 Å². The molecule has 0 bridgehead atoms. The second-order valence-electron chi connectivity index (χ2n) is 5.17. The number of piperidine rings is 1. The van der Waals surface area contributed by atoms with Crippen molar-refractivity contribution in [1.29, 1.82) is 0 Å². The van der Waals surface area contributed by atoms with Crippen molar-refractivity contribution in [2.45, 2.75) is 45.2 Å². The highest BCUT2D eigenvalue weighted by Crippen LogP contribution is 2.32. The SMILES string of the molecule is Cc1ccc([N+](=O)[O-])c(N2CCCCC2C(C)N)n1. The van der Waals surface area contributed by atoms with Gasteiger partial charge in [-0.2, -0.15) is 0 Å². The molecule has 2 heterocycles. The summed E-state index contributed by atoms with van der Waals surface area (Å²) in [4.78, 5) is 17.2. The van der Waals surface area contributed by atoms with Crippen molar-refractivity contribution in [3.63, 3.8) is 0 Å². The fourth-order valence-electron chi connectivity index (χ4n) is 2.66. The van der Waals surface area contributed by atoms with Gasteiger partial charge in [-0.05, 0) is 39.2 Å². The Kier molecular flexibility index (Phi) is 3.99. The van der Waals surface area contributed by atoms with Gasteiger partial charge in [0.2, 0.25) is 5.82 Å². The summed E-state index contributed by atoms with van der Waals surface area (Å²) in [5.41, 5.74) is 6.87. The third-order valence-corrected chi connectivity index (χ3v) is 3.62. The molecule has 2 atom stereocenters. The molecule has 1 fully saturated rings. The number of nitrogens with zero attached hydrogens (tertiary/aromatic N) is 3. The van der Waals surface area contributed by atoms with Crippen molar-refractivity contribution in [2.24, 2.45) is 5.73 Å². The molecule has 1 aliphatic heterocycles. The Labute approximate surface area is 112 Å². The van der Waals surface area contributed by atoms with Gasteiger partial charge in [0.15, 0.2) is 0 Å². The Morgan fingerprint density at radius 1 is 1.53 bits per heavy atom. The van der Waals surface area contributed by atoms with Gasteiger partial charge >= 0.3 is 5.69 Å². The minimum Gasteiger partial charge on any atom is -0.346 e. The van der Waals surface area contributed by atoms with Crippen LogP contribution in [0.5, 0.6) is 0 Å². The van der Waals surface area contributed by atoms with E-state index in [1.54, 1.807) is 6.07 Å². The van der Waals surface area contributed by atoms with E-state index in [9.17, 15) is 10.1 Å². The maximum absolute atomic E-state index is 11.2. The van der Waals surface area contributed by atoms with E-state index in [4.69, 9.17) is 5.73 Å². The monoisotopic (exact) mass is 264 g/mol. The molecule has 0 aromatic carbocycles. The molecule has 0 saturated carbocycles. The van der Waals surface area contributed by atoms with Crippen LogP contribution in [0.25, 0.3) is 0 Å². The second-order valence-corrected chi connectivity index (χ2v) is 5.17. The number of rotatable bonds is 3. The topological polar surface area (TPSA) is 85.3 Å². The van der Waals surface area contributed by atoms with Gasteiger partial charge in [-0.1, -0.05) is 0 Å². The quantitative estimate of drug-likeness (QED) is 0.666. The zero-order valence-electron chi connectivity index (χ0n) is 11.4. The summed E-state index contributed by atoms with van der Waals surface area (Å²) in [6.07, 6.45) is 3.10. The highest BCUT2D eigenvalue weighted by molar-refractivity contribution is 5.59. The molecule has 1 aliphatic rings. The largest absolute Gasteiger partial charge is 0.346 e. The van der Waals surface area contributed by atoms with Gasteiger partial charge in [0, 0.05) is 30.4 Å². The minimum atomic E-state index is -0.366. The number of hydrogen-bond donors (Lipinski definition) is 1. The van der Waals surface area contributed by atoms with Gasteiger partial charge in [0.05, 0.1) is 4.92 Å². The van der Waals surface area contributed by atoms with Gasteiger partial charge in [0.1, 0.15) is 0 Å². The van der Waals surface area contributed by atoms with Crippen molar-refractivity contribution < 1.29 is 4.92 Å². The Balaban J connectivity index is 2.43. The lowest BCUT2D eigenvalue weighted by atomic mass is 9.97. The normalized spacial score (nSPS) is 21.2. The zero-order valence-corrected chi connectivity index (χ0v) is 11.4.